The first-order chi connectivity index (χ1) is 9.85. The lowest BCUT2D eigenvalue weighted by molar-refractivity contribution is 0.340. The van der Waals surface area contributed by atoms with Gasteiger partial charge < -0.3 is 10.1 Å². The van der Waals surface area contributed by atoms with Crippen LogP contribution in [-0.4, -0.2) is 16.6 Å². The maximum atomic E-state index is 5.41. The van der Waals surface area contributed by atoms with Crippen LogP contribution >= 0.6 is 0 Å². The molecule has 3 rings (SSSR count). The Bertz CT molecular complexity index is 710. The van der Waals surface area contributed by atoms with E-state index in [1.54, 1.807) is 6.20 Å². The summed E-state index contributed by atoms with van der Waals surface area (Å²) < 4.78 is 5.41. The van der Waals surface area contributed by atoms with E-state index >= 15 is 0 Å². The summed E-state index contributed by atoms with van der Waals surface area (Å²) in [5, 5.41) is 3.24. The molecule has 0 unspecified atom stereocenters. The second-order valence-corrected chi connectivity index (χ2v) is 4.33. The van der Waals surface area contributed by atoms with E-state index in [1.807, 2.05) is 55.5 Å². The number of hydrogen-bond donors (Lipinski definition) is 1. The van der Waals surface area contributed by atoms with Crippen molar-refractivity contribution in [2.45, 2.75) is 6.92 Å². The molecular formula is C16H15N3O. The van der Waals surface area contributed by atoms with Crippen LogP contribution in [-0.2, 0) is 0 Å². The first-order valence-electron chi connectivity index (χ1n) is 6.57. The van der Waals surface area contributed by atoms with Crippen molar-refractivity contribution in [3.05, 3.63) is 54.7 Å². The van der Waals surface area contributed by atoms with Gasteiger partial charge >= 0.3 is 0 Å². The van der Waals surface area contributed by atoms with Crippen molar-refractivity contribution in [1.82, 2.24) is 9.97 Å². The molecule has 100 valence electrons. The fraction of sp³-hybridized carbons (Fsp3) is 0.125. The zero-order chi connectivity index (χ0) is 13.8. The average molecular weight is 265 g/mol. The van der Waals surface area contributed by atoms with Crippen LogP contribution < -0.4 is 10.1 Å². The Balaban J connectivity index is 1.81. The third kappa shape index (κ3) is 2.69. The Kier molecular flexibility index (Phi) is 3.46. The van der Waals surface area contributed by atoms with Gasteiger partial charge in [-0.3, -0.25) is 4.98 Å². The van der Waals surface area contributed by atoms with Gasteiger partial charge in [0.15, 0.2) is 0 Å². The average Bonchev–Trinajstić information content (AvgIpc) is 2.49. The molecule has 20 heavy (non-hydrogen) atoms. The topological polar surface area (TPSA) is 47.0 Å². The molecule has 0 radical (unpaired) electrons. The SMILES string of the molecule is CCOc1ccc(Nc2cnc3ccccc3n2)cc1. The number of ether oxygens (including phenoxy) is 1. The molecule has 1 aromatic heterocycles. The fourth-order valence-electron chi connectivity index (χ4n) is 1.97. The second kappa shape index (κ2) is 5.57. The van der Waals surface area contributed by atoms with Crippen molar-refractivity contribution < 1.29 is 4.74 Å². The third-order valence-corrected chi connectivity index (χ3v) is 2.89. The quantitative estimate of drug-likeness (QED) is 0.780. The zero-order valence-electron chi connectivity index (χ0n) is 11.2. The lowest BCUT2D eigenvalue weighted by Gasteiger charge is -2.07. The van der Waals surface area contributed by atoms with E-state index in [2.05, 4.69) is 15.3 Å². The van der Waals surface area contributed by atoms with Gasteiger partial charge in [-0.2, -0.15) is 0 Å². The van der Waals surface area contributed by atoms with Crippen LogP contribution in [0.4, 0.5) is 11.5 Å². The lowest BCUT2D eigenvalue weighted by Crippen LogP contribution is -1.96. The number of anilines is 2. The highest BCUT2D eigenvalue weighted by Crippen LogP contribution is 2.19. The van der Waals surface area contributed by atoms with Gasteiger partial charge in [0.25, 0.3) is 0 Å². The number of hydrogen-bond acceptors (Lipinski definition) is 4. The van der Waals surface area contributed by atoms with Gasteiger partial charge in [-0.05, 0) is 43.3 Å². The van der Waals surface area contributed by atoms with E-state index in [1.165, 1.54) is 0 Å². The fourth-order valence-corrected chi connectivity index (χ4v) is 1.97. The number of nitrogens with one attached hydrogen (secondary N) is 1. The molecule has 0 saturated heterocycles. The van der Waals surface area contributed by atoms with Gasteiger partial charge in [-0.15, -0.1) is 0 Å². The van der Waals surface area contributed by atoms with Crippen LogP contribution in [0.5, 0.6) is 5.75 Å². The van der Waals surface area contributed by atoms with E-state index in [4.69, 9.17) is 4.74 Å². The minimum Gasteiger partial charge on any atom is -0.494 e. The summed E-state index contributed by atoms with van der Waals surface area (Å²) in [5.41, 5.74) is 2.73. The van der Waals surface area contributed by atoms with Crippen LogP contribution in [0.25, 0.3) is 11.0 Å². The molecule has 0 saturated carbocycles. The van der Waals surface area contributed by atoms with E-state index < -0.39 is 0 Å². The van der Waals surface area contributed by atoms with Crippen LogP contribution in [0.2, 0.25) is 0 Å². The highest BCUT2D eigenvalue weighted by Gasteiger charge is 2.00. The lowest BCUT2D eigenvalue weighted by atomic mass is 10.3. The molecule has 2 aromatic carbocycles. The molecule has 1 heterocycles. The number of rotatable bonds is 4. The van der Waals surface area contributed by atoms with E-state index in [9.17, 15) is 0 Å². The molecule has 0 spiro atoms. The molecule has 3 aromatic rings. The van der Waals surface area contributed by atoms with Crippen LogP contribution in [0.3, 0.4) is 0 Å². The molecule has 0 fully saturated rings. The molecule has 4 nitrogen and oxygen atoms in total. The minimum atomic E-state index is 0.670. The molecule has 0 aliphatic carbocycles. The van der Waals surface area contributed by atoms with Crippen molar-refractivity contribution >= 4 is 22.5 Å². The first-order valence-corrected chi connectivity index (χ1v) is 6.57. The summed E-state index contributed by atoms with van der Waals surface area (Å²) >= 11 is 0. The summed E-state index contributed by atoms with van der Waals surface area (Å²) in [6.07, 6.45) is 1.73. The van der Waals surface area contributed by atoms with Crippen molar-refractivity contribution in [2.75, 3.05) is 11.9 Å². The molecule has 4 heteroatoms. The third-order valence-electron chi connectivity index (χ3n) is 2.89. The monoisotopic (exact) mass is 265 g/mol. The summed E-state index contributed by atoms with van der Waals surface area (Å²) in [7, 11) is 0. The van der Waals surface area contributed by atoms with Gasteiger partial charge in [-0.1, -0.05) is 12.1 Å². The molecule has 0 bridgehead atoms. The van der Waals surface area contributed by atoms with Crippen LogP contribution in [0.15, 0.2) is 54.7 Å². The summed E-state index contributed by atoms with van der Waals surface area (Å²) in [6.45, 7) is 2.64. The smallest absolute Gasteiger partial charge is 0.149 e. The van der Waals surface area contributed by atoms with E-state index in [-0.39, 0.29) is 0 Å². The number of aromatic nitrogens is 2. The van der Waals surface area contributed by atoms with Crippen molar-refractivity contribution in [3.8, 4) is 5.75 Å². The predicted octanol–water partition coefficient (Wildman–Crippen LogP) is 3.77. The van der Waals surface area contributed by atoms with Gasteiger partial charge in [0.1, 0.15) is 11.6 Å². The maximum Gasteiger partial charge on any atom is 0.149 e. The Morgan fingerprint density at radius 1 is 1.00 bits per heavy atom. The highest BCUT2D eigenvalue weighted by atomic mass is 16.5. The molecule has 0 amide bonds. The van der Waals surface area contributed by atoms with Crippen LogP contribution in [0, 0.1) is 0 Å². The summed E-state index contributed by atoms with van der Waals surface area (Å²) in [5.74, 6) is 1.59. The Morgan fingerprint density at radius 2 is 1.75 bits per heavy atom. The molecule has 1 N–H and O–H groups in total. The van der Waals surface area contributed by atoms with Crippen molar-refractivity contribution in [2.24, 2.45) is 0 Å². The van der Waals surface area contributed by atoms with E-state index in [0.29, 0.717) is 6.61 Å². The molecule has 0 aliphatic heterocycles. The van der Waals surface area contributed by atoms with Gasteiger partial charge in [-0.25, -0.2) is 4.98 Å². The largest absolute Gasteiger partial charge is 0.494 e. The van der Waals surface area contributed by atoms with E-state index in [0.717, 1.165) is 28.3 Å². The summed E-state index contributed by atoms with van der Waals surface area (Å²) in [4.78, 5) is 8.90. The number of nitrogens with zero attached hydrogens (tertiary/aromatic N) is 2. The molecule has 0 aliphatic rings. The highest BCUT2D eigenvalue weighted by molar-refractivity contribution is 5.76. The van der Waals surface area contributed by atoms with Gasteiger partial charge in [0.05, 0.1) is 23.8 Å². The van der Waals surface area contributed by atoms with Crippen LogP contribution in [0.1, 0.15) is 6.92 Å². The van der Waals surface area contributed by atoms with Gasteiger partial charge in [0, 0.05) is 5.69 Å². The Morgan fingerprint density at radius 3 is 2.50 bits per heavy atom. The molecule has 0 atom stereocenters. The second-order valence-electron chi connectivity index (χ2n) is 4.33. The first kappa shape index (κ1) is 12.4. The molecular weight excluding hydrogens is 250 g/mol. The summed E-state index contributed by atoms with van der Waals surface area (Å²) in [6, 6.07) is 15.6. The predicted molar refractivity (Wildman–Crippen MR) is 80.4 cm³/mol. The number of para-hydroxylation sites is 2. The van der Waals surface area contributed by atoms with Gasteiger partial charge in [0.2, 0.25) is 0 Å². The maximum absolute atomic E-state index is 5.41. The Labute approximate surface area is 117 Å². The standard InChI is InChI=1S/C16H15N3O/c1-2-20-13-9-7-12(8-10-13)18-16-11-17-14-5-3-4-6-15(14)19-16/h3-11H,2H2,1H3,(H,18,19). The number of fused-ring (bicyclic) bond motifs is 1. The Hall–Kier alpha value is -2.62. The van der Waals surface area contributed by atoms with Crippen molar-refractivity contribution in [3.63, 3.8) is 0 Å². The number of benzene rings is 2. The van der Waals surface area contributed by atoms with Crippen molar-refractivity contribution in [1.29, 1.82) is 0 Å². The normalized spacial score (nSPS) is 10.4. The zero-order valence-corrected chi connectivity index (χ0v) is 11.2. The minimum absolute atomic E-state index is 0.670.